The molecule has 2 heteroatoms. The zero-order chi connectivity index (χ0) is 6.41. The number of aliphatic imine (C=N–C) groups is 1. The van der Waals surface area contributed by atoms with Crippen molar-refractivity contribution in [1.29, 1.82) is 0 Å². The molecule has 0 unspecified atom stereocenters. The van der Waals surface area contributed by atoms with Crippen molar-refractivity contribution in [3.63, 3.8) is 0 Å². The van der Waals surface area contributed by atoms with Gasteiger partial charge in [0.2, 0.25) is 0 Å². The fourth-order valence-electron chi connectivity index (χ4n) is 0.445. The van der Waals surface area contributed by atoms with Crippen molar-refractivity contribution in [2.45, 2.75) is 6.42 Å². The van der Waals surface area contributed by atoms with Gasteiger partial charge in [-0.15, -0.1) is 0 Å². The molecule has 0 amide bonds. The van der Waals surface area contributed by atoms with E-state index in [1.807, 2.05) is 6.21 Å². The van der Waals surface area contributed by atoms with Crippen molar-refractivity contribution in [2.75, 3.05) is 27.7 Å². The first kappa shape index (κ1) is 7.63. The second-order valence-corrected chi connectivity index (χ2v) is 2.03. The third-order valence-corrected chi connectivity index (χ3v) is 0.888. The average molecular weight is 114 g/mol. The molecule has 0 rings (SSSR count). The third kappa shape index (κ3) is 5.63. The summed E-state index contributed by atoms with van der Waals surface area (Å²) in [5, 5.41) is 0. The second kappa shape index (κ2) is 4.78. The molecule has 0 aliphatic heterocycles. The molecule has 0 aromatic carbocycles. The Labute approximate surface area is 51.2 Å². The molecule has 0 N–H and O–H groups in total. The normalized spacial score (nSPS) is 11.5. The van der Waals surface area contributed by atoms with Crippen molar-refractivity contribution in [2.24, 2.45) is 4.99 Å². The molecular formula is C6H14N2. The summed E-state index contributed by atoms with van der Waals surface area (Å²) in [6.07, 6.45) is 2.99. The lowest BCUT2D eigenvalue weighted by Gasteiger charge is -2.04. The topological polar surface area (TPSA) is 15.6 Å². The van der Waals surface area contributed by atoms with E-state index in [0.29, 0.717) is 0 Å². The van der Waals surface area contributed by atoms with Crippen LogP contribution in [0.15, 0.2) is 4.99 Å². The van der Waals surface area contributed by atoms with Gasteiger partial charge >= 0.3 is 0 Å². The Kier molecular flexibility index (Phi) is 4.56. The summed E-state index contributed by atoms with van der Waals surface area (Å²) in [5.41, 5.74) is 0. The highest BCUT2D eigenvalue weighted by Crippen LogP contribution is 1.76. The Morgan fingerprint density at radius 2 is 2.12 bits per heavy atom. The summed E-state index contributed by atoms with van der Waals surface area (Å²) in [5.74, 6) is 0. The monoisotopic (exact) mass is 114 g/mol. The van der Waals surface area contributed by atoms with E-state index in [9.17, 15) is 0 Å². The molecule has 0 fully saturated rings. The summed E-state index contributed by atoms with van der Waals surface area (Å²) in [4.78, 5) is 6.00. The molecule has 0 bridgehead atoms. The molecule has 0 spiro atoms. The lowest BCUT2D eigenvalue weighted by atomic mass is 10.4. The van der Waals surface area contributed by atoms with Crippen LogP contribution in [0.5, 0.6) is 0 Å². The molecule has 0 aliphatic carbocycles. The van der Waals surface area contributed by atoms with Crippen LogP contribution in [0.1, 0.15) is 6.42 Å². The van der Waals surface area contributed by atoms with Crippen molar-refractivity contribution < 1.29 is 0 Å². The second-order valence-electron chi connectivity index (χ2n) is 2.03. The minimum Gasteiger partial charge on any atom is -0.309 e. The van der Waals surface area contributed by atoms with Crippen LogP contribution in [-0.4, -0.2) is 38.8 Å². The standard InChI is InChI=1S/C6H14N2/c1-7-5-4-6-8(2)3/h5H,4,6H2,1-3H3/b7-5-. The van der Waals surface area contributed by atoms with E-state index in [-0.39, 0.29) is 0 Å². The molecule has 0 aromatic rings. The predicted molar refractivity (Wildman–Crippen MR) is 37.6 cm³/mol. The Morgan fingerprint density at radius 3 is 2.50 bits per heavy atom. The largest absolute Gasteiger partial charge is 0.309 e. The van der Waals surface area contributed by atoms with E-state index in [2.05, 4.69) is 24.0 Å². The molecule has 2 nitrogen and oxygen atoms in total. The lowest BCUT2D eigenvalue weighted by molar-refractivity contribution is 0.423. The molecule has 48 valence electrons. The minimum atomic E-state index is 1.06. The maximum atomic E-state index is 3.86. The van der Waals surface area contributed by atoms with Crippen molar-refractivity contribution >= 4 is 6.21 Å². The van der Waals surface area contributed by atoms with Gasteiger partial charge in [-0.1, -0.05) is 0 Å². The fourth-order valence-corrected chi connectivity index (χ4v) is 0.445. The Bertz CT molecular complexity index is 66.9. The summed E-state index contributed by atoms with van der Waals surface area (Å²) < 4.78 is 0. The van der Waals surface area contributed by atoms with Gasteiger partial charge in [0.25, 0.3) is 0 Å². The highest BCUT2D eigenvalue weighted by molar-refractivity contribution is 5.56. The first-order valence-corrected chi connectivity index (χ1v) is 2.82. The van der Waals surface area contributed by atoms with Gasteiger partial charge in [-0.25, -0.2) is 0 Å². The van der Waals surface area contributed by atoms with Crippen molar-refractivity contribution in [3.8, 4) is 0 Å². The van der Waals surface area contributed by atoms with Gasteiger partial charge in [-0.2, -0.15) is 0 Å². The molecule has 0 heterocycles. The predicted octanol–water partition coefficient (Wildman–Crippen LogP) is 0.639. The Morgan fingerprint density at radius 1 is 1.50 bits per heavy atom. The van der Waals surface area contributed by atoms with Crippen LogP contribution in [0.25, 0.3) is 0 Å². The first-order valence-electron chi connectivity index (χ1n) is 2.82. The molecular weight excluding hydrogens is 100 g/mol. The van der Waals surface area contributed by atoms with Gasteiger partial charge in [-0.05, 0) is 26.7 Å². The van der Waals surface area contributed by atoms with E-state index in [1.165, 1.54) is 0 Å². The van der Waals surface area contributed by atoms with Gasteiger partial charge < -0.3 is 9.89 Å². The van der Waals surface area contributed by atoms with Crippen LogP contribution >= 0.6 is 0 Å². The number of hydrogen-bond acceptors (Lipinski definition) is 2. The third-order valence-electron chi connectivity index (χ3n) is 0.888. The van der Waals surface area contributed by atoms with E-state index >= 15 is 0 Å². The Hall–Kier alpha value is -0.370. The van der Waals surface area contributed by atoms with Crippen LogP contribution in [0.2, 0.25) is 0 Å². The quantitative estimate of drug-likeness (QED) is 0.491. The van der Waals surface area contributed by atoms with Crippen molar-refractivity contribution in [1.82, 2.24) is 4.90 Å². The smallest absolute Gasteiger partial charge is 0.0273 e. The molecule has 0 aliphatic rings. The number of hydrogen-bond donors (Lipinski definition) is 0. The molecule has 0 saturated heterocycles. The summed E-state index contributed by atoms with van der Waals surface area (Å²) in [7, 11) is 5.92. The highest BCUT2D eigenvalue weighted by atomic mass is 15.0. The maximum absolute atomic E-state index is 3.86. The van der Waals surface area contributed by atoms with E-state index in [4.69, 9.17) is 0 Å². The number of rotatable bonds is 3. The fraction of sp³-hybridized carbons (Fsp3) is 0.833. The molecule has 0 radical (unpaired) electrons. The molecule has 0 saturated carbocycles. The van der Waals surface area contributed by atoms with Gasteiger partial charge in [0, 0.05) is 13.6 Å². The van der Waals surface area contributed by atoms with Gasteiger partial charge in [0.1, 0.15) is 0 Å². The zero-order valence-corrected chi connectivity index (χ0v) is 5.89. The maximum Gasteiger partial charge on any atom is 0.0273 e. The summed E-state index contributed by atoms with van der Waals surface area (Å²) in [6, 6.07) is 0. The van der Waals surface area contributed by atoms with Crippen LogP contribution in [0.4, 0.5) is 0 Å². The number of nitrogens with zero attached hydrogens (tertiary/aromatic N) is 2. The van der Waals surface area contributed by atoms with Gasteiger partial charge in [-0.3, -0.25) is 0 Å². The van der Waals surface area contributed by atoms with E-state index in [0.717, 1.165) is 13.0 Å². The minimum absolute atomic E-state index is 1.06. The van der Waals surface area contributed by atoms with Crippen LogP contribution in [-0.2, 0) is 0 Å². The highest BCUT2D eigenvalue weighted by Gasteiger charge is 1.83. The van der Waals surface area contributed by atoms with Crippen LogP contribution in [0, 0.1) is 0 Å². The summed E-state index contributed by atoms with van der Waals surface area (Å²) >= 11 is 0. The van der Waals surface area contributed by atoms with Crippen LogP contribution in [0.3, 0.4) is 0 Å². The average Bonchev–Trinajstić information content (AvgIpc) is 1.66. The molecule has 0 aromatic heterocycles. The SMILES string of the molecule is C/N=C\CCN(C)C. The summed E-state index contributed by atoms with van der Waals surface area (Å²) in [6.45, 7) is 1.09. The molecule has 0 atom stereocenters. The van der Waals surface area contributed by atoms with Crippen LogP contribution < -0.4 is 0 Å². The van der Waals surface area contributed by atoms with Crippen molar-refractivity contribution in [3.05, 3.63) is 0 Å². The van der Waals surface area contributed by atoms with Gasteiger partial charge in [0.15, 0.2) is 0 Å². The zero-order valence-electron chi connectivity index (χ0n) is 5.89. The van der Waals surface area contributed by atoms with E-state index < -0.39 is 0 Å². The van der Waals surface area contributed by atoms with E-state index in [1.54, 1.807) is 7.05 Å². The lowest BCUT2D eigenvalue weighted by Crippen LogP contribution is -2.12. The Balaban J connectivity index is 2.93. The first-order chi connectivity index (χ1) is 3.77. The van der Waals surface area contributed by atoms with Gasteiger partial charge in [0.05, 0.1) is 0 Å². The molecule has 8 heavy (non-hydrogen) atoms.